The van der Waals surface area contributed by atoms with E-state index in [1.807, 2.05) is 30.3 Å². The van der Waals surface area contributed by atoms with Crippen LogP contribution in [0.5, 0.6) is 0 Å². The Balaban J connectivity index is 1.21. The summed E-state index contributed by atoms with van der Waals surface area (Å²) < 4.78 is 8.49. The summed E-state index contributed by atoms with van der Waals surface area (Å²) in [5.41, 5.74) is 0.0400. The Hall–Kier alpha value is -2.03. The smallest absolute Gasteiger partial charge is 0.309 e. The van der Waals surface area contributed by atoms with E-state index in [-0.39, 0.29) is 52.4 Å². The molecule has 0 saturated heterocycles. The van der Waals surface area contributed by atoms with E-state index in [0.717, 1.165) is 65.9 Å². The van der Waals surface area contributed by atoms with Gasteiger partial charge in [0.05, 0.1) is 28.0 Å². The van der Waals surface area contributed by atoms with E-state index in [1.165, 1.54) is 17.3 Å². The Bertz CT molecular complexity index is 1430. The lowest BCUT2D eigenvalue weighted by Crippen LogP contribution is -2.63. The van der Waals surface area contributed by atoms with Gasteiger partial charge < -0.3 is 9.84 Å². The minimum atomic E-state index is -1.24. The van der Waals surface area contributed by atoms with E-state index in [1.54, 1.807) is 11.3 Å². The predicted octanol–water partition coefficient (Wildman–Crippen LogP) is 6.93. The molecule has 8 heteroatoms. The quantitative estimate of drug-likeness (QED) is 0.281. The van der Waals surface area contributed by atoms with Crippen LogP contribution in [0.1, 0.15) is 84.5 Å². The number of ketones is 2. The molecule has 2 aromatic rings. The summed E-state index contributed by atoms with van der Waals surface area (Å²) in [6.07, 6.45) is 9.75. The van der Waals surface area contributed by atoms with Crippen molar-refractivity contribution in [2.45, 2.75) is 101 Å². The lowest BCUT2D eigenvalue weighted by molar-refractivity contribution is -0.202. The van der Waals surface area contributed by atoms with Crippen molar-refractivity contribution < 1.29 is 24.2 Å². The van der Waals surface area contributed by atoms with Crippen molar-refractivity contribution in [1.82, 2.24) is 4.98 Å². The van der Waals surface area contributed by atoms with E-state index in [9.17, 15) is 19.5 Å². The number of aliphatic hydroxyl groups excluding tert-OH is 1. The van der Waals surface area contributed by atoms with Gasteiger partial charge in [-0.1, -0.05) is 56.2 Å². The van der Waals surface area contributed by atoms with Crippen molar-refractivity contribution in [2.24, 2.45) is 34.5 Å². The third-order valence-electron chi connectivity index (χ3n) is 12.0. The molecule has 7 atom stereocenters. The van der Waals surface area contributed by atoms with Gasteiger partial charge in [0.1, 0.15) is 0 Å². The molecule has 0 amide bonds. The van der Waals surface area contributed by atoms with Gasteiger partial charge in [-0.3, -0.25) is 14.4 Å². The number of esters is 1. The third-order valence-corrected chi connectivity index (χ3v) is 14.2. The summed E-state index contributed by atoms with van der Waals surface area (Å²) in [4.78, 5) is 45.2. The Morgan fingerprint density at radius 2 is 1.88 bits per heavy atom. The number of allylic oxidation sites excluding steroid dienone is 1. The zero-order valence-corrected chi connectivity index (χ0v) is 26.2. The number of thiazole rings is 1. The SMILES string of the molecule is CC12CCC(=O)C=C1CCC1C2[C@@H](O)CC2(C)C1CC[C@]2(OC(=O)C1CCCC1)C(=O)CSc1nc2ccccc2s1. The second kappa shape index (κ2) is 10.6. The number of thioether (sulfide) groups is 1. The van der Waals surface area contributed by atoms with E-state index >= 15 is 0 Å². The third kappa shape index (κ3) is 4.37. The molecule has 0 aliphatic heterocycles. The number of carbonyl (C=O) groups is 3. The van der Waals surface area contributed by atoms with Crippen molar-refractivity contribution in [3.8, 4) is 0 Å². The van der Waals surface area contributed by atoms with Crippen LogP contribution in [0.15, 0.2) is 40.3 Å². The zero-order chi connectivity index (χ0) is 29.3. The van der Waals surface area contributed by atoms with Gasteiger partial charge in [0.2, 0.25) is 0 Å². The molecule has 1 aromatic carbocycles. The number of benzene rings is 1. The molecular formula is C34H41NO5S2. The molecule has 0 radical (unpaired) electrons. The topological polar surface area (TPSA) is 93.6 Å². The number of aliphatic hydroxyl groups is 1. The van der Waals surface area contributed by atoms with Gasteiger partial charge in [0, 0.05) is 11.8 Å². The average Bonchev–Trinajstić information content (AvgIpc) is 3.70. The van der Waals surface area contributed by atoms with Crippen molar-refractivity contribution >= 4 is 50.9 Å². The van der Waals surface area contributed by atoms with Crippen LogP contribution < -0.4 is 0 Å². The molecule has 42 heavy (non-hydrogen) atoms. The van der Waals surface area contributed by atoms with Gasteiger partial charge in [-0.15, -0.1) is 11.3 Å². The minimum Gasteiger partial charge on any atom is -0.450 e. The highest BCUT2D eigenvalue weighted by atomic mass is 32.2. The first-order valence-electron chi connectivity index (χ1n) is 15.8. The van der Waals surface area contributed by atoms with Crippen LogP contribution in [0, 0.1) is 34.5 Å². The van der Waals surface area contributed by atoms with Crippen molar-refractivity contribution in [1.29, 1.82) is 0 Å². The van der Waals surface area contributed by atoms with Crippen molar-refractivity contribution in [2.75, 3.05) is 5.75 Å². The number of Topliss-reactive ketones (excluding diaryl/α,β-unsaturated/α-hetero) is 1. The van der Waals surface area contributed by atoms with Gasteiger partial charge in [-0.25, -0.2) is 4.98 Å². The molecule has 0 spiro atoms. The number of carbonyl (C=O) groups excluding carboxylic acids is 3. The fourth-order valence-corrected chi connectivity index (χ4v) is 12.0. The summed E-state index contributed by atoms with van der Waals surface area (Å²) >= 11 is 3.02. The maximum atomic E-state index is 14.5. The standard InChI is InChI=1S/C34H41NO5S2/c1-32-15-13-22(36)17-21(32)11-12-23-24-14-16-34(33(24,2)18-26(37)29(23)32,40-30(39)20-7-3-4-8-20)28(38)19-41-31-35-25-9-5-6-10-27(25)42-31/h5-6,9-10,17,20,23-24,26,29,37H,3-4,7-8,11-16,18-19H2,1-2H3/t23?,24?,26-,29?,32?,33?,34-/m0/s1. The fraction of sp³-hybridized carbons (Fsp3) is 0.647. The first kappa shape index (κ1) is 28.7. The molecule has 4 fully saturated rings. The molecule has 1 heterocycles. The molecule has 5 aliphatic carbocycles. The molecule has 0 bridgehead atoms. The molecule has 1 aromatic heterocycles. The number of nitrogens with zero attached hydrogens (tertiary/aromatic N) is 1. The first-order valence-corrected chi connectivity index (χ1v) is 17.6. The molecule has 4 saturated carbocycles. The maximum absolute atomic E-state index is 14.5. The monoisotopic (exact) mass is 607 g/mol. The van der Waals surface area contributed by atoms with Crippen LogP contribution in [0.3, 0.4) is 0 Å². The molecule has 5 aliphatic rings. The summed E-state index contributed by atoms with van der Waals surface area (Å²) in [6, 6.07) is 7.99. The maximum Gasteiger partial charge on any atom is 0.309 e. The summed E-state index contributed by atoms with van der Waals surface area (Å²) in [5, 5.41) is 12.0. The normalized spacial score (nSPS) is 38.1. The number of ether oxygens (including phenoxy) is 1. The minimum absolute atomic E-state index is 0.0420. The number of hydrogen-bond acceptors (Lipinski definition) is 8. The Labute approximate surface area is 256 Å². The lowest BCUT2D eigenvalue weighted by atomic mass is 9.45. The van der Waals surface area contributed by atoms with E-state index in [4.69, 9.17) is 9.72 Å². The van der Waals surface area contributed by atoms with Crippen molar-refractivity contribution in [3.05, 3.63) is 35.9 Å². The molecular weight excluding hydrogens is 567 g/mol. The lowest BCUT2D eigenvalue weighted by Gasteiger charge is -2.60. The van der Waals surface area contributed by atoms with Gasteiger partial charge in [0.25, 0.3) is 0 Å². The number of rotatable bonds is 6. The Morgan fingerprint density at radius 3 is 2.67 bits per heavy atom. The molecule has 6 nitrogen and oxygen atoms in total. The van der Waals surface area contributed by atoms with Crippen LogP contribution in [0.25, 0.3) is 10.2 Å². The van der Waals surface area contributed by atoms with Gasteiger partial charge in [-0.2, -0.15) is 0 Å². The van der Waals surface area contributed by atoms with Crippen LogP contribution >= 0.6 is 23.1 Å². The van der Waals surface area contributed by atoms with E-state index < -0.39 is 17.1 Å². The predicted molar refractivity (Wildman–Crippen MR) is 164 cm³/mol. The number of para-hydroxylation sites is 1. The fourth-order valence-electron chi connectivity index (χ4n) is 9.93. The number of aromatic nitrogens is 1. The van der Waals surface area contributed by atoms with Crippen LogP contribution in [0.4, 0.5) is 0 Å². The highest BCUT2D eigenvalue weighted by Crippen LogP contribution is 2.68. The summed E-state index contributed by atoms with van der Waals surface area (Å²) in [5.74, 6) is 0.438. The average molecular weight is 608 g/mol. The highest BCUT2D eigenvalue weighted by Gasteiger charge is 2.70. The van der Waals surface area contributed by atoms with Gasteiger partial charge in [0.15, 0.2) is 21.5 Å². The number of fused-ring (bicyclic) bond motifs is 6. The van der Waals surface area contributed by atoms with Gasteiger partial charge >= 0.3 is 5.97 Å². The summed E-state index contributed by atoms with van der Waals surface area (Å²) in [6.45, 7) is 4.38. The molecule has 224 valence electrons. The largest absolute Gasteiger partial charge is 0.450 e. The van der Waals surface area contributed by atoms with Crippen LogP contribution in [-0.4, -0.2) is 45.1 Å². The van der Waals surface area contributed by atoms with E-state index in [2.05, 4.69) is 13.8 Å². The number of hydrogen-bond donors (Lipinski definition) is 1. The van der Waals surface area contributed by atoms with Crippen LogP contribution in [-0.2, 0) is 19.1 Å². The van der Waals surface area contributed by atoms with E-state index in [0.29, 0.717) is 19.3 Å². The molecule has 5 unspecified atom stereocenters. The summed E-state index contributed by atoms with van der Waals surface area (Å²) in [7, 11) is 0. The molecule has 1 N–H and O–H groups in total. The zero-order valence-electron chi connectivity index (χ0n) is 24.6. The van der Waals surface area contributed by atoms with Crippen molar-refractivity contribution in [3.63, 3.8) is 0 Å². The van der Waals surface area contributed by atoms with Crippen LogP contribution in [0.2, 0.25) is 0 Å². The Kier molecular flexibility index (Phi) is 7.22. The second-order valence-corrected chi connectivity index (χ2v) is 16.3. The second-order valence-electron chi connectivity index (χ2n) is 14.0. The molecule has 7 rings (SSSR count). The van der Waals surface area contributed by atoms with Gasteiger partial charge in [-0.05, 0) is 92.7 Å². The highest BCUT2D eigenvalue weighted by molar-refractivity contribution is 8.01. The Morgan fingerprint density at radius 1 is 1.10 bits per heavy atom. The first-order chi connectivity index (χ1) is 20.1.